The molecule has 2 fully saturated rings. The van der Waals surface area contributed by atoms with E-state index in [0.29, 0.717) is 25.9 Å². The third-order valence-corrected chi connectivity index (χ3v) is 5.59. The van der Waals surface area contributed by atoms with Crippen LogP contribution in [0.1, 0.15) is 60.3 Å². The molecule has 1 saturated carbocycles. The first-order valence-electron chi connectivity index (χ1n) is 9.06. The molecule has 0 aromatic carbocycles. The summed E-state index contributed by atoms with van der Waals surface area (Å²) in [6.45, 7) is 10.6. The highest BCUT2D eigenvalue weighted by molar-refractivity contribution is 5.88. The number of nitrogens with zero attached hydrogens (tertiary/aromatic N) is 1. The molecule has 24 heavy (non-hydrogen) atoms. The van der Waals surface area contributed by atoms with Gasteiger partial charge in [-0.3, -0.25) is 14.4 Å². The van der Waals surface area contributed by atoms with Gasteiger partial charge in [-0.15, -0.1) is 0 Å². The van der Waals surface area contributed by atoms with E-state index in [1.165, 1.54) is 0 Å². The molecule has 1 aliphatic heterocycles. The van der Waals surface area contributed by atoms with Gasteiger partial charge in [0.25, 0.3) is 0 Å². The standard InChI is InChI=1S/C18H31N3O3/c1-6-14(22)21-11-18(5,16(24)19-7-2)13(21)10-12(3)20-15(23)17(4)8-9-17/h12-13H,6-11H2,1-5H3,(H,19,24)(H,20,23). The highest BCUT2D eigenvalue weighted by Crippen LogP contribution is 2.45. The molecule has 0 radical (unpaired) electrons. The number of carbonyl (C=O) groups excluding carboxylic acids is 3. The topological polar surface area (TPSA) is 78.5 Å². The molecule has 2 rings (SSSR count). The Balaban J connectivity index is 2.04. The van der Waals surface area contributed by atoms with Crippen molar-refractivity contribution in [2.45, 2.75) is 72.4 Å². The van der Waals surface area contributed by atoms with E-state index in [2.05, 4.69) is 10.6 Å². The molecule has 0 spiro atoms. The maximum atomic E-state index is 12.5. The summed E-state index contributed by atoms with van der Waals surface area (Å²) in [5.41, 5.74) is -0.793. The van der Waals surface area contributed by atoms with E-state index in [0.717, 1.165) is 12.8 Å². The van der Waals surface area contributed by atoms with E-state index in [9.17, 15) is 14.4 Å². The van der Waals surface area contributed by atoms with Gasteiger partial charge in [-0.25, -0.2) is 0 Å². The zero-order valence-corrected chi connectivity index (χ0v) is 15.6. The van der Waals surface area contributed by atoms with E-state index in [-0.39, 0.29) is 35.2 Å². The third-order valence-electron chi connectivity index (χ3n) is 5.59. The summed E-state index contributed by atoms with van der Waals surface area (Å²) in [4.78, 5) is 38.6. The molecule has 1 aliphatic carbocycles. The van der Waals surface area contributed by atoms with Crippen LogP contribution in [-0.2, 0) is 14.4 Å². The summed E-state index contributed by atoms with van der Waals surface area (Å²) in [7, 11) is 0. The van der Waals surface area contributed by atoms with Gasteiger partial charge in [0.05, 0.1) is 5.41 Å². The molecule has 2 aliphatic rings. The van der Waals surface area contributed by atoms with Crippen molar-refractivity contribution in [2.75, 3.05) is 13.1 Å². The SMILES string of the molecule is CCNC(=O)C1(C)CN(C(=O)CC)C1CC(C)NC(=O)C1(C)CC1. The largest absolute Gasteiger partial charge is 0.356 e. The highest BCUT2D eigenvalue weighted by Gasteiger charge is 2.56. The third kappa shape index (κ3) is 3.42. The fourth-order valence-electron chi connectivity index (χ4n) is 3.45. The molecule has 0 aromatic rings. The number of rotatable bonds is 7. The first-order valence-corrected chi connectivity index (χ1v) is 9.06. The fourth-order valence-corrected chi connectivity index (χ4v) is 3.45. The van der Waals surface area contributed by atoms with Crippen molar-refractivity contribution >= 4 is 17.7 Å². The molecular formula is C18H31N3O3. The Kier molecular flexibility index (Phi) is 5.25. The number of carbonyl (C=O) groups is 3. The van der Waals surface area contributed by atoms with Crippen molar-refractivity contribution in [3.05, 3.63) is 0 Å². The van der Waals surface area contributed by atoms with Crippen LogP contribution in [0.2, 0.25) is 0 Å². The lowest BCUT2D eigenvalue weighted by Gasteiger charge is -2.55. The normalized spacial score (nSPS) is 28.5. The quantitative estimate of drug-likeness (QED) is 0.738. The van der Waals surface area contributed by atoms with Gasteiger partial charge in [0.1, 0.15) is 0 Å². The molecule has 1 heterocycles. The van der Waals surface area contributed by atoms with Crippen molar-refractivity contribution in [1.82, 2.24) is 15.5 Å². The Hall–Kier alpha value is -1.59. The van der Waals surface area contributed by atoms with Crippen molar-refractivity contribution in [2.24, 2.45) is 10.8 Å². The van der Waals surface area contributed by atoms with Gasteiger partial charge in [-0.2, -0.15) is 0 Å². The summed E-state index contributed by atoms with van der Waals surface area (Å²) in [5, 5.41) is 5.94. The Morgan fingerprint density at radius 1 is 1.17 bits per heavy atom. The summed E-state index contributed by atoms with van der Waals surface area (Å²) >= 11 is 0. The molecule has 3 unspecified atom stereocenters. The van der Waals surface area contributed by atoms with Crippen LogP contribution in [0.15, 0.2) is 0 Å². The van der Waals surface area contributed by atoms with Crippen LogP contribution in [0.4, 0.5) is 0 Å². The van der Waals surface area contributed by atoms with Crippen molar-refractivity contribution < 1.29 is 14.4 Å². The number of amides is 3. The van der Waals surface area contributed by atoms with Gasteiger partial charge in [0, 0.05) is 37.0 Å². The fraction of sp³-hybridized carbons (Fsp3) is 0.833. The Bertz CT molecular complexity index is 530. The molecule has 2 N–H and O–H groups in total. The maximum absolute atomic E-state index is 12.5. The number of nitrogens with one attached hydrogen (secondary N) is 2. The van der Waals surface area contributed by atoms with E-state index in [1.54, 1.807) is 4.90 Å². The molecular weight excluding hydrogens is 306 g/mol. The van der Waals surface area contributed by atoms with Gasteiger partial charge in [0.2, 0.25) is 17.7 Å². The van der Waals surface area contributed by atoms with E-state index in [1.807, 2.05) is 34.6 Å². The van der Waals surface area contributed by atoms with Crippen molar-refractivity contribution in [1.29, 1.82) is 0 Å². The summed E-state index contributed by atoms with van der Waals surface area (Å²) < 4.78 is 0. The molecule has 6 heteroatoms. The van der Waals surface area contributed by atoms with Gasteiger partial charge in [-0.05, 0) is 40.0 Å². The van der Waals surface area contributed by atoms with Gasteiger partial charge < -0.3 is 15.5 Å². The zero-order chi connectivity index (χ0) is 18.1. The minimum atomic E-state index is -0.580. The molecule has 3 amide bonds. The van der Waals surface area contributed by atoms with Crippen molar-refractivity contribution in [3.8, 4) is 0 Å². The second-order valence-corrected chi connectivity index (χ2v) is 7.84. The van der Waals surface area contributed by atoms with E-state index < -0.39 is 5.41 Å². The molecule has 6 nitrogen and oxygen atoms in total. The number of hydrogen-bond donors (Lipinski definition) is 2. The maximum Gasteiger partial charge on any atom is 0.229 e. The van der Waals surface area contributed by atoms with Crippen LogP contribution >= 0.6 is 0 Å². The van der Waals surface area contributed by atoms with Crippen LogP contribution in [-0.4, -0.2) is 47.8 Å². The molecule has 0 aromatic heterocycles. The average molecular weight is 337 g/mol. The lowest BCUT2D eigenvalue weighted by atomic mass is 9.69. The second kappa shape index (κ2) is 6.73. The number of likely N-dealkylation sites (tertiary alicyclic amines) is 1. The zero-order valence-electron chi connectivity index (χ0n) is 15.6. The number of hydrogen-bond acceptors (Lipinski definition) is 3. The van der Waals surface area contributed by atoms with Gasteiger partial charge >= 0.3 is 0 Å². The second-order valence-electron chi connectivity index (χ2n) is 7.84. The Labute approximate surface area is 144 Å². The minimum absolute atomic E-state index is 0.0113. The monoisotopic (exact) mass is 337 g/mol. The molecule has 136 valence electrons. The average Bonchev–Trinajstić information content (AvgIpc) is 3.28. The smallest absolute Gasteiger partial charge is 0.229 e. The van der Waals surface area contributed by atoms with E-state index in [4.69, 9.17) is 0 Å². The van der Waals surface area contributed by atoms with Crippen LogP contribution < -0.4 is 10.6 Å². The summed E-state index contributed by atoms with van der Waals surface area (Å²) in [5.74, 6) is 0.139. The van der Waals surface area contributed by atoms with E-state index >= 15 is 0 Å². The first-order chi connectivity index (χ1) is 11.2. The van der Waals surface area contributed by atoms with Crippen molar-refractivity contribution in [3.63, 3.8) is 0 Å². The Morgan fingerprint density at radius 3 is 2.29 bits per heavy atom. The highest BCUT2D eigenvalue weighted by atomic mass is 16.2. The predicted molar refractivity (Wildman–Crippen MR) is 92.1 cm³/mol. The summed E-state index contributed by atoms with van der Waals surface area (Å²) in [6.07, 6.45) is 2.90. The Morgan fingerprint density at radius 2 is 1.79 bits per heavy atom. The minimum Gasteiger partial charge on any atom is -0.356 e. The molecule has 0 bridgehead atoms. The molecule has 3 atom stereocenters. The lowest BCUT2D eigenvalue weighted by Crippen LogP contribution is -2.71. The molecule has 1 saturated heterocycles. The van der Waals surface area contributed by atoms with Crippen LogP contribution in [0, 0.1) is 10.8 Å². The van der Waals surface area contributed by atoms with Crippen LogP contribution in [0.25, 0.3) is 0 Å². The van der Waals surface area contributed by atoms with Gasteiger partial charge in [-0.1, -0.05) is 13.8 Å². The predicted octanol–water partition coefficient (Wildman–Crippen LogP) is 1.44. The van der Waals surface area contributed by atoms with Gasteiger partial charge in [0.15, 0.2) is 0 Å². The first kappa shape index (κ1) is 18.7. The summed E-state index contributed by atoms with van der Waals surface area (Å²) in [6, 6.07) is -0.236. The lowest BCUT2D eigenvalue weighted by molar-refractivity contribution is -0.164. The van der Waals surface area contributed by atoms with Crippen LogP contribution in [0.3, 0.4) is 0 Å². The van der Waals surface area contributed by atoms with Crippen LogP contribution in [0.5, 0.6) is 0 Å².